The first kappa shape index (κ1) is 19.9. The van der Waals surface area contributed by atoms with Crippen LogP contribution in [-0.4, -0.2) is 40.9 Å². The van der Waals surface area contributed by atoms with Gasteiger partial charge in [-0.1, -0.05) is 6.42 Å². The lowest BCUT2D eigenvalue weighted by Gasteiger charge is -2.36. The summed E-state index contributed by atoms with van der Waals surface area (Å²) in [5.41, 5.74) is 0.656. The summed E-state index contributed by atoms with van der Waals surface area (Å²) < 4.78 is 5.64. The van der Waals surface area contributed by atoms with Gasteiger partial charge < -0.3 is 15.0 Å². The number of ether oxygens (including phenoxy) is 1. The van der Waals surface area contributed by atoms with E-state index in [1.807, 2.05) is 4.90 Å². The third-order valence-corrected chi connectivity index (χ3v) is 6.80. The Kier molecular flexibility index (Phi) is 5.61. The molecule has 2 heterocycles. The summed E-state index contributed by atoms with van der Waals surface area (Å²) in [5.74, 6) is -0.832. The number of carbonyl (C=O) groups excluding carboxylic acids is 3. The van der Waals surface area contributed by atoms with Crippen molar-refractivity contribution in [3.63, 3.8) is 0 Å². The Labute approximate surface area is 172 Å². The van der Waals surface area contributed by atoms with Crippen LogP contribution in [-0.2, 0) is 14.3 Å². The second-order valence-electron chi connectivity index (χ2n) is 8.77. The summed E-state index contributed by atoms with van der Waals surface area (Å²) in [6, 6.07) is 7.34. The van der Waals surface area contributed by atoms with E-state index in [1.165, 1.54) is 6.42 Å². The van der Waals surface area contributed by atoms with Gasteiger partial charge in [0.25, 0.3) is 5.91 Å². The number of esters is 1. The van der Waals surface area contributed by atoms with Gasteiger partial charge in [-0.3, -0.25) is 14.4 Å². The van der Waals surface area contributed by atoms with E-state index in [2.05, 4.69) is 12.2 Å². The monoisotopic (exact) mass is 398 g/mol. The zero-order valence-corrected chi connectivity index (χ0v) is 17.1. The molecule has 2 atom stereocenters. The van der Waals surface area contributed by atoms with Crippen LogP contribution in [0.15, 0.2) is 24.3 Å². The number of rotatable bonds is 3. The molecule has 0 aromatic heterocycles. The first-order valence-corrected chi connectivity index (χ1v) is 10.9. The Bertz CT molecular complexity index is 783. The Morgan fingerprint density at radius 2 is 1.79 bits per heavy atom. The highest BCUT2D eigenvalue weighted by molar-refractivity contribution is 5.98. The van der Waals surface area contributed by atoms with Crippen molar-refractivity contribution in [2.75, 3.05) is 11.9 Å². The summed E-state index contributed by atoms with van der Waals surface area (Å²) >= 11 is 0. The van der Waals surface area contributed by atoms with Gasteiger partial charge in [-0.25, -0.2) is 0 Å². The predicted molar refractivity (Wildman–Crippen MR) is 109 cm³/mol. The van der Waals surface area contributed by atoms with Crippen LogP contribution in [0.3, 0.4) is 0 Å². The molecule has 1 N–H and O–H groups in total. The van der Waals surface area contributed by atoms with E-state index in [0.29, 0.717) is 11.3 Å². The molecule has 0 radical (unpaired) electrons. The third kappa shape index (κ3) is 4.02. The largest absolute Gasteiger partial charge is 0.458 e. The van der Waals surface area contributed by atoms with E-state index < -0.39 is 11.5 Å². The molecule has 2 aliphatic heterocycles. The molecule has 0 bridgehead atoms. The number of amides is 2. The van der Waals surface area contributed by atoms with Crippen molar-refractivity contribution in [3.05, 3.63) is 29.8 Å². The second kappa shape index (κ2) is 8.17. The number of nitrogens with one attached hydrogen (secondary N) is 1. The van der Waals surface area contributed by atoms with Gasteiger partial charge in [-0.15, -0.1) is 0 Å². The van der Waals surface area contributed by atoms with Crippen LogP contribution in [0.2, 0.25) is 0 Å². The topological polar surface area (TPSA) is 75.7 Å². The molecule has 3 fully saturated rings. The molecule has 4 rings (SSSR count). The minimum Gasteiger partial charge on any atom is -0.458 e. The van der Waals surface area contributed by atoms with Crippen molar-refractivity contribution >= 4 is 23.5 Å². The normalized spacial score (nSPS) is 26.2. The van der Waals surface area contributed by atoms with Crippen molar-refractivity contribution in [2.45, 2.75) is 76.4 Å². The highest BCUT2D eigenvalue weighted by atomic mass is 16.6. The van der Waals surface area contributed by atoms with Crippen LogP contribution in [0, 0.1) is 5.92 Å². The fourth-order valence-corrected chi connectivity index (χ4v) is 5.12. The van der Waals surface area contributed by atoms with E-state index in [1.54, 1.807) is 24.3 Å². The molecule has 156 valence electrons. The lowest BCUT2D eigenvalue weighted by atomic mass is 9.75. The minimum absolute atomic E-state index is 0.0472. The van der Waals surface area contributed by atoms with E-state index >= 15 is 0 Å². The van der Waals surface area contributed by atoms with Gasteiger partial charge in [-0.2, -0.15) is 0 Å². The molecule has 6 heteroatoms. The lowest BCUT2D eigenvalue weighted by Crippen LogP contribution is -2.43. The summed E-state index contributed by atoms with van der Waals surface area (Å²) in [6.45, 7) is 2.90. The van der Waals surface area contributed by atoms with E-state index in [4.69, 9.17) is 4.74 Å². The Morgan fingerprint density at radius 1 is 1.07 bits per heavy atom. The van der Waals surface area contributed by atoms with Crippen LogP contribution in [0.4, 0.5) is 5.69 Å². The molecule has 6 nitrogen and oxygen atoms in total. The average Bonchev–Trinajstić information content (AvgIpc) is 3.04. The van der Waals surface area contributed by atoms with Gasteiger partial charge in [0.05, 0.1) is 12.3 Å². The third-order valence-electron chi connectivity index (χ3n) is 6.80. The molecule has 2 saturated heterocycles. The minimum atomic E-state index is -0.625. The Hall–Kier alpha value is -2.37. The molecule has 1 saturated carbocycles. The zero-order valence-electron chi connectivity index (χ0n) is 17.1. The number of likely N-dealkylation sites (tertiary alicyclic amines) is 1. The summed E-state index contributed by atoms with van der Waals surface area (Å²) in [6.07, 6.45) is 8.04. The van der Waals surface area contributed by atoms with Gasteiger partial charge >= 0.3 is 5.97 Å². The van der Waals surface area contributed by atoms with E-state index in [9.17, 15) is 14.4 Å². The van der Waals surface area contributed by atoms with Crippen LogP contribution < -0.4 is 5.32 Å². The SMILES string of the molecule is C[C@H]1CCCCN1C(=O)c1ccc(NC(=O)[C@@H]2CC(=O)OC23CCCCC3)cc1. The molecule has 3 aliphatic rings. The number of benzene rings is 1. The number of piperidine rings is 1. The van der Waals surface area contributed by atoms with Gasteiger partial charge in [0.2, 0.25) is 5.91 Å². The molecule has 0 unspecified atom stereocenters. The maximum absolute atomic E-state index is 12.9. The first-order valence-electron chi connectivity index (χ1n) is 10.9. The molecule has 29 heavy (non-hydrogen) atoms. The van der Waals surface area contributed by atoms with Crippen LogP contribution in [0.25, 0.3) is 0 Å². The van der Waals surface area contributed by atoms with Crippen LogP contribution in [0.5, 0.6) is 0 Å². The van der Waals surface area contributed by atoms with Gasteiger partial charge in [-0.05, 0) is 76.1 Å². The number of carbonyl (C=O) groups is 3. The molecular formula is C23H30N2O4. The molecule has 2 amide bonds. The molecule has 1 spiro atoms. The second-order valence-corrected chi connectivity index (χ2v) is 8.77. The van der Waals surface area contributed by atoms with Gasteiger partial charge in [0.1, 0.15) is 5.60 Å². The molecule has 1 aromatic rings. The van der Waals surface area contributed by atoms with Crippen molar-refractivity contribution in [2.24, 2.45) is 5.92 Å². The van der Waals surface area contributed by atoms with Crippen molar-refractivity contribution in [3.8, 4) is 0 Å². The predicted octanol–water partition coefficient (Wildman–Crippen LogP) is 3.91. The van der Waals surface area contributed by atoms with Crippen molar-refractivity contribution in [1.29, 1.82) is 0 Å². The number of anilines is 1. The zero-order chi connectivity index (χ0) is 20.4. The fourth-order valence-electron chi connectivity index (χ4n) is 5.12. The maximum atomic E-state index is 12.9. The summed E-state index contributed by atoms with van der Waals surface area (Å²) in [4.78, 5) is 39.6. The number of hydrogen-bond donors (Lipinski definition) is 1. The lowest BCUT2D eigenvalue weighted by molar-refractivity contribution is -0.153. The Morgan fingerprint density at radius 3 is 2.48 bits per heavy atom. The fraction of sp³-hybridized carbons (Fsp3) is 0.609. The van der Waals surface area contributed by atoms with Gasteiger partial charge in [0.15, 0.2) is 0 Å². The van der Waals surface area contributed by atoms with Crippen molar-refractivity contribution in [1.82, 2.24) is 4.90 Å². The van der Waals surface area contributed by atoms with E-state index in [-0.39, 0.29) is 30.2 Å². The number of nitrogens with zero attached hydrogens (tertiary/aromatic N) is 1. The first-order chi connectivity index (χ1) is 14.0. The van der Waals surface area contributed by atoms with Gasteiger partial charge in [0, 0.05) is 23.8 Å². The molecule has 1 aliphatic carbocycles. The molecule has 1 aromatic carbocycles. The van der Waals surface area contributed by atoms with Crippen molar-refractivity contribution < 1.29 is 19.1 Å². The highest BCUT2D eigenvalue weighted by Crippen LogP contribution is 2.44. The standard InChI is InChI=1S/C23H30N2O4/c1-16-7-3-6-14-25(16)22(28)17-8-10-18(11-9-17)24-21(27)19-15-20(26)29-23(19)12-4-2-5-13-23/h8-11,16,19H,2-7,12-15H2,1H3,(H,24,27)/t16-,19-/m0/s1. The average molecular weight is 399 g/mol. The quantitative estimate of drug-likeness (QED) is 0.784. The summed E-state index contributed by atoms with van der Waals surface area (Å²) in [5, 5.41) is 2.93. The number of hydrogen-bond acceptors (Lipinski definition) is 4. The van der Waals surface area contributed by atoms with Crippen LogP contribution >= 0.6 is 0 Å². The molecular weight excluding hydrogens is 368 g/mol. The Balaban J connectivity index is 1.42. The maximum Gasteiger partial charge on any atom is 0.307 e. The van der Waals surface area contributed by atoms with E-state index in [0.717, 1.165) is 51.5 Å². The highest BCUT2D eigenvalue weighted by Gasteiger charge is 2.52. The summed E-state index contributed by atoms with van der Waals surface area (Å²) in [7, 11) is 0. The van der Waals surface area contributed by atoms with Crippen LogP contribution in [0.1, 0.15) is 75.1 Å². The smallest absolute Gasteiger partial charge is 0.307 e.